The van der Waals surface area contributed by atoms with Crippen LogP contribution in [0.4, 0.5) is 13.2 Å². The van der Waals surface area contributed by atoms with E-state index in [1.54, 1.807) is 30.6 Å². The molecule has 0 amide bonds. The van der Waals surface area contributed by atoms with E-state index in [1.165, 1.54) is 6.07 Å². The van der Waals surface area contributed by atoms with E-state index in [0.717, 1.165) is 17.5 Å². The molecule has 1 aromatic carbocycles. The lowest BCUT2D eigenvalue weighted by Crippen LogP contribution is -2.11. The number of halogens is 4. The van der Waals surface area contributed by atoms with Crippen LogP contribution in [0, 0.1) is 0 Å². The van der Waals surface area contributed by atoms with Crippen LogP contribution in [0.15, 0.2) is 54.9 Å². The molecule has 2 N–H and O–H groups in total. The molecule has 3 rings (SSSR count). The predicted molar refractivity (Wildman–Crippen MR) is 79.0 cm³/mol. The molecule has 22 heavy (non-hydrogen) atoms. The van der Waals surface area contributed by atoms with Gasteiger partial charge >= 0.3 is 6.18 Å². The number of H-pyrrole nitrogens is 2. The molecule has 3 aromatic rings. The molecule has 0 fully saturated rings. The summed E-state index contributed by atoms with van der Waals surface area (Å²) in [6, 6.07) is 11.2. The molecule has 0 atom stereocenters. The van der Waals surface area contributed by atoms with Gasteiger partial charge < -0.3 is 9.97 Å². The van der Waals surface area contributed by atoms with Gasteiger partial charge in [-0.2, -0.15) is 13.2 Å². The molecular formula is C16H12ClF3N2. The molecule has 0 bridgehead atoms. The monoisotopic (exact) mass is 324 g/mol. The van der Waals surface area contributed by atoms with Gasteiger partial charge in [0.15, 0.2) is 0 Å². The second-order valence-electron chi connectivity index (χ2n) is 4.89. The first kappa shape index (κ1) is 14.8. The minimum Gasteiger partial charge on any atom is -0.364 e. The van der Waals surface area contributed by atoms with Gasteiger partial charge in [-0.3, -0.25) is 0 Å². The van der Waals surface area contributed by atoms with Crippen molar-refractivity contribution in [3.8, 4) is 0 Å². The van der Waals surface area contributed by atoms with Crippen molar-refractivity contribution in [3.63, 3.8) is 0 Å². The normalized spacial score (nSPS) is 12.0. The van der Waals surface area contributed by atoms with E-state index in [9.17, 15) is 13.2 Å². The predicted octanol–water partition coefficient (Wildman–Crippen LogP) is 5.20. The van der Waals surface area contributed by atoms with Crippen molar-refractivity contribution in [2.45, 2.75) is 12.1 Å². The Hall–Kier alpha value is -2.14. The van der Waals surface area contributed by atoms with Gasteiger partial charge in [0.05, 0.1) is 16.5 Å². The largest absolute Gasteiger partial charge is 0.417 e. The minimum atomic E-state index is -4.48. The van der Waals surface area contributed by atoms with Crippen molar-refractivity contribution >= 4 is 11.6 Å². The zero-order valence-corrected chi connectivity index (χ0v) is 12.0. The Morgan fingerprint density at radius 2 is 1.45 bits per heavy atom. The van der Waals surface area contributed by atoms with E-state index < -0.39 is 17.7 Å². The topological polar surface area (TPSA) is 31.6 Å². The van der Waals surface area contributed by atoms with Gasteiger partial charge in [-0.05, 0) is 35.9 Å². The van der Waals surface area contributed by atoms with Crippen molar-refractivity contribution < 1.29 is 13.2 Å². The Balaban J connectivity index is 2.18. The molecule has 0 saturated carbocycles. The third-order valence-electron chi connectivity index (χ3n) is 3.51. The van der Waals surface area contributed by atoms with Gasteiger partial charge in [0.1, 0.15) is 0 Å². The molecule has 2 nitrogen and oxygen atoms in total. The van der Waals surface area contributed by atoms with Crippen LogP contribution in [0.25, 0.3) is 0 Å². The zero-order valence-electron chi connectivity index (χ0n) is 11.3. The molecule has 0 spiro atoms. The third kappa shape index (κ3) is 2.64. The number of hydrogen-bond acceptors (Lipinski definition) is 0. The van der Waals surface area contributed by atoms with E-state index in [2.05, 4.69) is 9.97 Å². The number of rotatable bonds is 3. The van der Waals surface area contributed by atoms with Gasteiger partial charge in [0.25, 0.3) is 0 Å². The molecule has 0 aliphatic carbocycles. The first-order chi connectivity index (χ1) is 10.5. The number of aromatic nitrogens is 2. The lowest BCUT2D eigenvalue weighted by molar-refractivity contribution is -0.137. The lowest BCUT2D eigenvalue weighted by atomic mass is 9.91. The van der Waals surface area contributed by atoms with Crippen molar-refractivity contribution in [3.05, 3.63) is 82.4 Å². The summed E-state index contributed by atoms with van der Waals surface area (Å²) in [6.45, 7) is 0. The first-order valence-electron chi connectivity index (χ1n) is 6.60. The van der Waals surface area contributed by atoms with Crippen LogP contribution in [0.1, 0.15) is 28.4 Å². The highest BCUT2D eigenvalue weighted by atomic mass is 35.5. The second-order valence-corrected chi connectivity index (χ2v) is 5.27. The Morgan fingerprint density at radius 1 is 0.864 bits per heavy atom. The molecule has 0 aliphatic rings. The Morgan fingerprint density at radius 3 is 1.91 bits per heavy atom. The van der Waals surface area contributed by atoms with E-state index in [-0.39, 0.29) is 5.02 Å². The van der Waals surface area contributed by atoms with Crippen LogP contribution < -0.4 is 0 Å². The SMILES string of the molecule is FC(F)(F)c1cccc(C(c2ccc[nH]2)c2ccc[nH]2)c1Cl. The Kier molecular flexibility index (Phi) is 3.74. The number of hydrogen-bond donors (Lipinski definition) is 2. The summed E-state index contributed by atoms with van der Waals surface area (Å²) < 4.78 is 39.2. The highest BCUT2D eigenvalue weighted by molar-refractivity contribution is 6.32. The molecule has 0 radical (unpaired) electrons. The summed E-state index contributed by atoms with van der Waals surface area (Å²) in [5.41, 5.74) is 1.11. The van der Waals surface area contributed by atoms with Crippen LogP contribution in [-0.2, 0) is 6.18 Å². The maximum atomic E-state index is 13.1. The highest BCUT2D eigenvalue weighted by Crippen LogP contribution is 2.41. The average molecular weight is 325 g/mol. The van der Waals surface area contributed by atoms with Gasteiger partial charge in [0.2, 0.25) is 0 Å². The van der Waals surface area contributed by atoms with Crippen molar-refractivity contribution in [1.29, 1.82) is 0 Å². The van der Waals surface area contributed by atoms with Crippen LogP contribution in [-0.4, -0.2) is 9.97 Å². The molecule has 0 aliphatic heterocycles. The van der Waals surface area contributed by atoms with Crippen molar-refractivity contribution in [1.82, 2.24) is 9.97 Å². The van der Waals surface area contributed by atoms with Crippen LogP contribution >= 0.6 is 11.6 Å². The average Bonchev–Trinajstić information content (AvgIpc) is 3.13. The Bertz CT molecular complexity index is 712. The van der Waals surface area contributed by atoms with Crippen LogP contribution in [0.2, 0.25) is 5.02 Å². The fraction of sp³-hybridized carbons (Fsp3) is 0.125. The van der Waals surface area contributed by atoms with E-state index in [1.807, 2.05) is 12.1 Å². The lowest BCUT2D eigenvalue weighted by Gasteiger charge is -2.19. The minimum absolute atomic E-state index is 0.274. The fourth-order valence-corrected chi connectivity index (χ4v) is 2.88. The van der Waals surface area contributed by atoms with Crippen LogP contribution in [0.5, 0.6) is 0 Å². The van der Waals surface area contributed by atoms with Crippen molar-refractivity contribution in [2.75, 3.05) is 0 Å². The molecule has 114 valence electrons. The number of aromatic amines is 2. The maximum Gasteiger partial charge on any atom is 0.417 e. The fourth-order valence-electron chi connectivity index (χ4n) is 2.54. The Labute approximate surface area is 129 Å². The number of benzene rings is 1. The maximum absolute atomic E-state index is 13.1. The van der Waals surface area contributed by atoms with E-state index >= 15 is 0 Å². The van der Waals surface area contributed by atoms with Gasteiger partial charge in [0, 0.05) is 23.8 Å². The second kappa shape index (κ2) is 5.57. The van der Waals surface area contributed by atoms with Crippen molar-refractivity contribution in [2.24, 2.45) is 0 Å². The summed E-state index contributed by atoms with van der Waals surface area (Å²) in [5.74, 6) is -0.417. The first-order valence-corrected chi connectivity index (χ1v) is 6.98. The number of alkyl halides is 3. The van der Waals surface area contributed by atoms with Gasteiger partial charge in [-0.15, -0.1) is 0 Å². The highest BCUT2D eigenvalue weighted by Gasteiger charge is 2.35. The molecule has 0 unspecified atom stereocenters. The molecule has 2 aromatic heterocycles. The summed E-state index contributed by atoms with van der Waals surface area (Å²) in [7, 11) is 0. The standard InChI is InChI=1S/C16H12ClF3N2/c17-15-10(4-1-5-11(15)16(18,19)20)14(12-6-2-8-21-12)13-7-3-9-22-13/h1-9,14,21-22H. The smallest absolute Gasteiger partial charge is 0.364 e. The molecule has 0 saturated heterocycles. The number of nitrogens with one attached hydrogen (secondary N) is 2. The zero-order chi connectivity index (χ0) is 15.7. The van der Waals surface area contributed by atoms with Crippen LogP contribution in [0.3, 0.4) is 0 Å². The molecule has 2 heterocycles. The summed E-state index contributed by atoms with van der Waals surface area (Å²) in [6.07, 6.45) is -1.03. The van der Waals surface area contributed by atoms with Gasteiger partial charge in [-0.1, -0.05) is 23.7 Å². The molecular weight excluding hydrogens is 313 g/mol. The molecule has 6 heteroatoms. The summed E-state index contributed by atoms with van der Waals surface area (Å²) in [4.78, 5) is 6.10. The van der Waals surface area contributed by atoms with Gasteiger partial charge in [-0.25, -0.2) is 0 Å². The summed E-state index contributed by atoms with van der Waals surface area (Å²) in [5, 5.41) is -0.274. The quantitative estimate of drug-likeness (QED) is 0.664. The third-order valence-corrected chi connectivity index (χ3v) is 3.93. The summed E-state index contributed by atoms with van der Waals surface area (Å²) >= 11 is 6.07. The van der Waals surface area contributed by atoms with E-state index in [0.29, 0.717) is 5.56 Å². The van der Waals surface area contributed by atoms with E-state index in [4.69, 9.17) is 11.6 Å².